The van der Waals surface area contributed by atoms with Gasteiger partial charge in [0, 0.05) is 63.1 Å². The van der Waals surface area contributed by atoms with E-state index in [2.05, 4.69) is 28.0 Å². The quantitative estimate of drug-likeness (QED) is 0.0600. The van der Waals surface area contributed by atoms with E-state index in [0.29, 0.717) is 61.9 Å². The van der Waals surface area contributed by atoms with Crippen molar-refractivity contribution in [2.75, 3.05) is 46.1 Å². The Morgan fingerprint density at radius 2 is 1.69 bits per heavy atom. The number of phenolic OH excluding ortho intramolecular Hbond substituents is 1. The summed E-state index contributed by atoms with van der Waals surface area (Å²) in [5, 5.41) is 35.0. The molecule has 5 aliphatic rings. The fourth-order valence-electron chi connectivity index (χ4n) is 10.4. The monoisotopic (exact) mass is 824 g/mol. The Hall–Kier alpha value is -3.52. The number of aliphatic hydroxyl groups excluding tert-OH is 1. The topological polar surface area (TPSA) is 173 Å². The molecule has 0 spiro atoms. The van der Waals surface area contributed by atoms with Crippen molar-refractivity contribution in [3.63, 3.8) is 0 Å². The Balaban J connectivity index is 0.776. The molecule has 6 rings (SSSR count). The third-order valence-corrected chi connectivity index (χ3v) is 15.5. The lowest BCUT2D eigenvalue weighted by Crippen LogP contribution is -2.45. The van der Waals surface area contributed by atoms with Crippen molar-refractivity contribution in [1.29, 1.82) is 0 Å². The van der Waals surface area contributed by atoms with Gasteiger partial charge < -0.3 is 40.8 Å². The van der Waals surface area contributed by atoms with Crippen LogP contribution in [0.1, 0.15) is 133 Å². The summed E-state index contributed by atoms with van der Waals surface area (Å²) in [7, 11) is 3.65. The molecule has 0 radical (unpaired) electrons. The molecule has 2 aliphatic heterocycles. The number of fused-ring (bicyclic) bond motifs is 6. The fourth-order valence-corrected chi connectivity index (χ4v) is 11.9. The van der Waals surface area contributed by atoms with Gasteiger partial charge in [0.25, 0.3) is 5.91 Å². The molecule has 322 valence electrons. The molecule has 14 heteroatoms. The molecule has 0 unspecified atom stereocenters. The molecule has 3 aliphatic carbocycles. The van der Waals surface area contributed by atoms with Crippen LogP contribution in [-0.4, -0.2) is 119 Å². The molecular weight excluding hydrogens is 757 g/mol. The van der Waals surface area contributed by atoms with Gasteiger partial charge >= 0.3 is 6.03 Å². The van der Waals surface area contributed by atoms with Gasteiger partial charge in [0.2, 0.25) is 11.8 Å². The molecule has 0 bridgehead atoms. The van der Waals surface area contributed by atoms with E-state index in [9.17, 15) is 29.4 Å². The summed E-state index contributed by atoms with van der Waals surface area (Å²) in [6.07, 6.45) is 14.5. The zero-order chi connectivity index (χ0) is 41.2. The van der Waals surface area contributed by atoms with Crippen molar-refractivity contribution in [2.24, 2.45) is 22.4 Å². The maximum absolute atomic E-state index is 12.9. The number of unbranched alkanes of at least 4 members (excludes halogenated alkanes) is 6. The second-order valence-electron chi connectivity index (χ2n) is 17.9. The SMILES string of the molecule is CN(CCCCCCN(C)C(=O)CO/N=C1\C[C@@H]2[C@H](CC[C@]3(C)[C@@H](O)CC[C@@H]23)c2ccc(O)cc21)C(=O)CCCCCNC(=O)CCCC[C@@H]1SC[C@@H]2NC(=O)N[C@@H]21. The predicted molar refractivity (Wildman–Crippen MR) is 227 cm³/mol. The summed E-state index contributed by atoms with van der Waals surface area (Å²) in [6, 6.07) is 5.92. The molecule has 2 saturated heterocycles. The summed E-state index contributed by atoms with van der Waals surface area (Å²) >= 11 is 1.91. The summed E-state index contributed by atoms with van der Waals surface area (Å²) in [4.78, 5) is 58.5. The minimum atomic E-state index is -0.267. The minimum absolute atomic E-state index is 0.0614. The molecule has 5 amide bonds. The third-order valence-electron chi connectivity index (χ3n) is 14.0. The Bertz CT molecular complexity index is 1630. The van der Waals surface area contributed by atoms with Crippen molar-refractivity contribution in [3.8, 4) is 5.75 Å². The van der Waals surface area contributed by atoms with Gasteiger partial charge in [-0.15, -0.1) is 0 Å². The van der Waals surface area contributed by atoms with Crippen molar-refractivity contribution >= 4 is 41.2 Å². The first-order valence-corrected chi connectivity index (χ1v) is 23.1. The van der Waals surface area contributed by atoms with E-state index >= 15 is 0 Å². The summed E-state index contributed by atoms with van der Waals surface area (Å²) in [6.45, 7) is 4.07. The molecule has 13 nitrogen and oxygen atoms in total. The van der Waals surface area contributed by atoms with Crippen LogP contribution in [0.15, 0.2) is 23.4 Å². The first-order valence-electron chi connectivity index (χ1n) is 22.1. The zero-order valence-electron chi connectivity index (χ0n) is 35.0. The lowest BCUT2D eigenvalue weighted by Gasteiger charge is -2.50. The molecule has 8 atom stereocenters. The molecule has 1 aromatic carbocycles. The maximum Gasteiger partial charge on any atom is 0.315 e. The van der Waals surface area contributed by atoms with Crippen LogP contribution < -0.4 is 16.0 Å². The fraction of sp³-hybridized carbons (Fsp3) is 0.750. The van der Waals surface area contributed by atoms with E-state index < -0.39 is 0 Å². The van der Waals surface area contributed by atoms with Gasteiger partial charge in [0.15, 0.2) is 6.61 Å². The number of hydrogen-bond donors (Lipinski definition) is 5. The number of aliphatic hydroxyl groups is 1. The van der Waals surface area contributed by atoms with Gasteiger partial charge in [-0.3, -0.25) is 14.4 Å². The molecule has 58 heavy (non-hydrogen) atoms. The van der Waals surface area contributed by atoms with Crippen LogP contribution in [0.5, 0.6) is 5.75 Å². The summed E-state index contributed by atoms with van der Waals surface area (Å²) < 4.78 is 0. The van der Waals surface area contributed by atoms with Crippen LogP contribution in [-0.2, 0) is 19.2 Å². The number of aromatic hydroxyl groups is 1. The number of nitrogens with one attached hydrogen (secondary N) is 3. The first kappa shape index (κ1) is 44.0. The van der Waals surface area contributed by atoms with Crippen LogP contribution in [0.3, 0.4) is 0 Å². The Morgan fingerprint density at radius 1 is 0.948 bits per heavy atom. The highest BCUT2D eigenvalue weighted by Gasteiger charge is 2.55. The maximum atomic E-state index is 12.9. The molecule has 2 saturated carbocycles. The Morgan fingerprint density at radius 3 is 2.48 bits per heavy atom. The predicted octanol–water partition coefficient (Wildman–Crippen LogP) is 5.67. The largest absolute Gasteiger partial charge is 0.508 e. The summed E-state index contributed by atoms with van der Waals surface area (Å²) in [5.41, 5.74) is 2.79. The minimum Gasteiger partial charge on any atom is -0.508 e. The lowest BCUT2D eigenvalue weighted by atomic mass is 9.55. The van der Waals surface area contributed by atoms with Gasteiger partial charge in [-0.1, -0.05) is 43.8 Å². The van der Waals surface area contributed by atoms with Crippen molar-refractivity contribution < 1.29 is 34.2 Å². The van der Waals surface area contributed by atoms with E-state index in [1.54, 1.807) is 24.1 Å². The third kappa shape index (κ3) is 11.0. The highest BCUT2D eigenvalue weighted by atomic mass is 32.2. The van der Waals surface area contributed by atoms with E-state index in [1.165, 1.54) is 5.56 Å². The molecule has 0 aromatic heterocycles. The zero-order valence-corrected chi connectivity index (χ0v) is 35.8. The van der Waals surface area contributed by atoms with Crippen LogP contribution in [0.4, 0.5) is 4.79 Å². The molecule has 4 fully saturated rings. The molecular formula is C44H68N6O7S. The smallest absolute Gasteiger partial charge is 0.315 e. The van der Waals surface area contributed by atoms with E-state index in [1.807, 2.05) is 29.8 Å². The van der Waals surface area contributed by atoms with Gasteiger partial charge in [0.05, 0.1) is 23.9 Å². The van der Waals surface area contributed by atoms with Crippen molar-refractivity contribution in [1.82, 2.24) is 25.8 Å². The molecule has 1 aromatic rings. The number of carbonyl (C=O) groups excluding carboxylic acids is 4. The number of benzene rings is 1. The lowest BCUT2D eigenvalue weighted by molar-refractivity contribution is -0.135. The number of urea groups is 1. The first-order chi connectivity index (χ1) is 27.9. The molecule has 5 N–H and O–H groups in total. The normalized spacial score (nSPS) is 28.8. The van der Waals surface area contributed by atoms with Gasteiger partial charge in [-0.05, 0) is 111 Å². The highest BCUT2D eigenvalue weighted by molar-refractivity contribution is 8.00. The standard InChI is InChI=1S/C44H68N6O7S/c1-44-21-20-31-30-17-16-29(51)25-33(30)35(26-32(31)34(44)18-19-38(44)52)48-57-27-41(55)50(3)24-12-5-4-11-23-49(2)40(54)15-7-6-10-22-45-39(53)14-9-8-13-37-42-36(28-58-37)46-43(56)47-42/h16-17,25,31-32,34,36-38,42,51-52H,4-15,18-24,26-28H2,1-3H3,(H,45,53)(H2,46,47,56)/b48-35+/t31-,32-,34+,36+,37+,38+,42+,44+/m1/s1. The molecule has 2 heterocycles. The number of rotatable bonds is 21. The van der Waals surface area contributed by atoms with Crippen LogP contribution in [0, 0.1) is 17.3 Å². The Labute approximate surface area is 349 Å². The summed E-state index contributed by atoms with van der Waals surface area (Å²) in [5.74, 6) is 2.39. The number of thioether (sulfide) groups is 1. The second-order valence-corrected chi connectivity index (χ2v) is 19.1. The van der Waals surface area contributed by atoms with Crippen LogP contribution in [0.2, 0.25) is 0 Å². The number of nitrogens with zero attached hydrogens (tertiary/aromatic N) is 3. The van der Waals surface area contributed by atoms with Crippen molar-refractivity contribution in [2.45, 2.75) is 145 Å². The van der Waals surface area contributed by atoms with Crippen molar-refractivity contribution in [3.05, 3.63) is 29.3 Å². The highest BCUT2D eigenvalue weighted by Crippen LogP contribution is 2.61. The van der Waals surface area contributed by atoms with Gasteiger partial charge in [-0.25, -0.2) is 4.79 Å². The Kier molecular flexibility index (Phi) is 15.7. The van der Waals surface area contributed by atoms with E-state index in [-0.39, 0.29) is 59.7 Å². The number of hydrogen-bond acceptors (Lipinski definition) is 9. The number of carbonyl (C=O) groups is 4. The van der Waals surface area contributed by atoms with E-state index in [4.69, 9.17) is 4.84 Å². The van der Waals surface area contributed by atoms with Crippen LogP contribution in [0.25, 0.3) is 0 Å². The number of amides is 5. The van der Waals surface area contributed by atoms with E-state index in [0.717, 1.165) is 107 Å². The average molecular weight is 825 g/mol. The average Bonchev–Trinajstić information content (AvgIpc) is 3.86. The number of phenols is 1. The van der Waals surface area contributed by atoms with Gasteiger partial charge in [-0.2, -0.15) is 11.8 Å². The van der Waals surface area contributed by atoms with Gasteiger partial charge in [0.1, 0.15) is 5.75 Å². The second kappa shape index (κ2) is 20.6. The number of oxime groups is 1. The number of likely N-dealkylation sites (N-methyl/N-ethyl adjacent to an activating group) is 1. The van der Waals surface area contributed by atoms with Crippen LogP contribution >= 0.6 is 11.8 Å².